The molecular formula is C21H15Cl2N3O2S. The maximum atomic E-state index is 12.2. The molecule has 1 amide bonds. The van der Waals surface area contributed by atoms with E-state index < -0.39 is 0 Å². The van der Waals surface area contributed by atoms with Crippen LogP contribution < -0.4 is 10.1 Å². The van der Waals surface area contributed by atoms with Gasteiger partial charge in [-0.2, -0.15) is 0 Å². The van der Waals surface area contributed by atoms with Crippen LogP contribution >= 0.6 is 35.0 Å². The van der Waals surface area contributed by atoms with Crippen LogP contribution in [0.4, 0.5) is 11.4 Å². The van der Waals surface area contributed by atoms with Gasteiger partial charge < -0.3 is 10.1 Å². The van der Waals surface area contributed by atoms with E-state index in [2.05, 4.69) is 15.3 Å². The van der Waals surface area contributed by atoms with Gasteiger partial charge in [0.25, 0.3) is 0 Å². The van der Waals surface area contributed by atoms with Gasteiger partial charge in [0.1, 0.15) is 16.7 Å². The Morgan fingerprint density at radius 2 is 1.86 bits per heavy atom. The number of rotatable bonds is 5. The number of aliphatic imine (C=N–C) groups is 1. The number of nitrogens with zero attached hydrogens (tertiary/aromatic N) is 2. The Morgan fingerprint density at radius 1 is 1.07 bits per heavy atom. The molecule has 5 nitrogen and oxygen atoms in total. The highest BCUT2D eigenvalue weighted by atomic mass is 35.5. The Morgan fingerprint density at radius 3 is 2.62 bits per heavy atom. The van der Waals surface area contributed by atoms with Crippen molar-refractivity contribution in [1.29, 1.82) is 0 Å². The number of thioether (sulfide) groups is 1. The second-order valence-corrected chi connectivity index (χ2v) is 8.11. The number of ether oxygens (including phenoxy) is 1. The molecule has 0 atom stereocenters. The van der Waals surface area contributed by atoms with Crippen molar-refractivity contribution in [2.75, 3.05) is 11.1 Å². The Hall–Kier alpha value is -2.54. The van der Waals surface area contributed by atoms with E-state index in [1.54, 1.807) is 42.6 Å². The summed E-state index contributed by atoms with van der Waals surface area (Å²) in [7, 11) is 0. The monoisotopic (exact) mass is 443 g/mol. The second-order valence-electron chi connectivity index (χ2n) is 6.24. The summed E-state index contributed by atoms with van der Waals surface area (Å²) < 4.78 is 5.68. The van der Waals surface area contributed by atoms with Crippen molar-refractivity contribution in [3.8, 4) is 11.5 Å². The van der Waals surface area contributed by atoms with Gasteiger partial charge in [-0.05, 0) is 54.1 Å². The van der Waals surface area contributed by atoms with Crippen molar-refractivity contribution in [2.24, 2.45) is 4.99 Å². The SMILES string of the molecule is O=C(CSC1=Nc2cc(Cl)ccc2C1)Nc1ccc(Oc2ccc(Cl)nc2)cc1. The molecule has 146 valence electrons. The summed E-state index contributed by atoms with van der Waals surface area (Å²) in [6.45, 7) is 0. The topological polar surface area (TPSA) is 63.6 Å². The predicted octanol–water partition coefficient (Wildman–Crippen LogP) is 6.14. The number of anilines is 1. The van der Waals surface area contributed by atoms with Gasteiger partial charge in [0.2, 0.25) is 5.91 Å². The van der Waals surface area contributed by atoms with E-state index >= 15 is 0 Å². The molecule has 0 radical (unpaired) electrons. The highest BCUT2D eigenvalue weighted by Crippen LogP contribution is 2.32. The molecule has 0 fully saturated rings. The van der Waals surface area contributed by atoms with Gasteiger partial charge in [-0.25, -0.2) is 9.98 Å². The molecule has 0 saturated carbocycles. The number of benzene rings is 2. The van der Waals surface area contributed by atoms with E-state index in [9.17, 15) is 4.79 Å². The summed E-state index contributed by atoms with van der Waals surface area (Å²) >= 11 is 13.2. The fraction of sp³-hybridized carbons (Fsp3) is 0.0952. The van der Waals surface area contributed by atoms with Crippen LogP contribution in [-0.4, -0.2) is 21.7 Å². The smallest absolute Gasteiger partial charge is 0.234 e. The van der Waals surface area contributed by atoms with Gasteiger partial charge in [-0.1, -0.05) is 29.3 Å². The van der Waals surface area contributed by atoms with Crippen molar-refractivity contribution in [3.05, 3.63) is 76.5 Å². The fourth-order valence-corrected chi connectivity index (χ4v) is 3.79. The first-order chi connectivity index (χ1) is 14.0. The standard InChI is InChI=1S/C21H15Cl2N3O2S/c22-14-2-1-13-9-21(26-18(13)10-14)29-12-20(27)25-15-3-5-16(6-4-15)28-17-7-8-19(23)24-11-17/h1-8,10-11H,9,12H2,(H,25,27). The highest BCUT2D eigenvalue weighted by molar-refractivity contribution is 8.14. The molecule has 0 aliphatic carbocycles. The van der Waals surface area contributed by atoms with Gasteiger partial charge in [-0.15, -0.1) is 11.8 Å². The number of halogens is 2. The summed E-state index contributed by atoms with van der Waals surface area (Å²) in [4.78, 5) is 20.7. The third-order valence-corrected chi connectivity index (χ3v) is 5.51. The maximum Gasteiger partial charge on any atom is 0.234 e. The molecular weight excluding hydrogens is 429 g/mol. The first kappa shape index (κ1) is 19.8. The van der Waals surface area contributed by atoms with E-state index in [4.69, 9.17) is 27.9 Å². The number of carbonyl (C=O) groups excluding carboxylic acids is 1. The predicted molar refractivity (Wildman–Crippen MR) is 119 cm³/mol. The molecule has 29 heavy (non-hydrogen) atoms. The normalized spacial score (nSPS) is 12.3. The van der Waals surface area contributed by atoms with Gasteiger partial charge in [0, 0.05) is 17.1 Å². The zero-order valence-corrected chi connectivity index (χ0v) is 17.4. The first-order valence-electron chi connectivity index (χ1n) is 8.73. The summed E-state index contributed by atoms with van der Waals surface area (Å²) in [6, 6.07) is 16.2. The summed E-state index contributed by atoms with van der Waals surface area (Å²) in [6.07, 6.45) is 2.28. The molecule has 2 heterocycles. The lowest BCUT2D eigenvalue weighted by Gasteiger charge is -2.08. The third kappa shape index (κ3) is 5.29. The van der Waals surface area contributed by atoms with Crippen molar-refractivity contribution >= 4 is 57.3 Å². The van der Waals surface area contributed by atoms with Gasteiger partial charge >= 0.3 is 0 Å². The minimum absolute atomic E-state index is 0.0951. The number of nitrogens with one attached hydrogen (secondary N) is 1. The average Bonchev–Trinajstić information content (AvgIpc) is 3.12. The number of pyridine rings is 1. The zero-order valence-electron chi connectivity index (χ0n) is 15.1. The number of hydrogen-bond donors (Lipinski definition) is 1. The Kier molecular flexibility index (Phi) is 6.04. The highest BCUT2D eigenvalue weighted by Gasteiger charge is 2.16. The number of fused-ring (bicyclic) bond motifs is 1. The van der Waals surface area contributed by atoms with Crippen LogP contribution in [0.2, 0.25) is 10.2 Å². The van der Waals surface area contributed by atoms with E-state index in [1.165, 1.54) is 11.8 Å². The largest absolute Gasteiger partial charge is 0.456 e. The Bertz CT molecular complexity index is 1070. The molecule has 0 saturated heterocycles. The molecule has 0 spiro atoms. The quantitative estimate of drug-likeness (QED) is 0.481. The van der Waals surface area contributed by atoms with Crippen LogP contribution in [-0.2, 0) is 11.2 Å². The van der Waals surface area contributed by atoms with Crippen LogP contribution in [0.15, 0.2) is 65.8 Å². The van der Waals surface area contributed by atoms with E-state index in [0.29, 0.717) is 27.4 Å². The van der Waals surface area contributed by atoms with Gasteiger partial charge in [0.15, 0.2) is 0 Å². The van der Waals surface area contributed by atoms with E-state index in [-0.39, 0.29) is 11.7 Å². The molecule has 4 rings (SSSR count). The van der Waals surface area contributed by atoms with Crippen molar-refractivity contribution in [1.82, 2.24) is 4.98 Å². The van der Waals surface area contributed by atoms with E-state index in [1.807, 2.05) is 18.2 Å². The van der Waals surface area contributed by atoms with Crippen LogP contribution in [0.1, 0.15) is 5.56 Å². The van der Waals surface area contributed by atoms with E-state index in [0.717, 1.165) is 22.7 Å². The second kappa shape index (κ2) is 8.86. The average molecular weight is 444 g/mol. The van der Waals surface area contributed by atoms with Crippen LogP contribution in [0.5, 0.6) is 11.5 Å². The summed E-state index contributed by atoms with van der Waals surface area (Å²) in [5, 5.41) is 4.86. The number of aromatic nitrogens is 1. The molecule has 2 aromatic carbocycles. The first-order valence-corrected chi connectivity index (χ1v) is 10.5. The molecule has 1 aromatic heterocycles. The molecule has 8 heteroatoms. The minimum Gasteiger partial charge on any atom is -0.456 e. The third-order valence-electron chi connectivity index (χ3n) is 4.08. The molecule has 1 aliphatic rings. The Labute approximate surface area is 182 Å². The van der Waals surface area contributed by atoms with Crippen molar-refractivity contribution < 1.29 is 9.53 Å². The maximum absolute atomic E-state index is 12.2. The van der Waals surface area contributed by atoms with Crippen LogP contribution in [0, 0.1) is 0 Å². The Balaban J connectivity index is 1.28. The fourth-order valence-electron chi connectivity index (χ4n) is 2.72. The number of amides is 1. The molecule has 3 aromatic rings. The van der Waals surface area contributed by atoms with Crippen LogP contribution in [0.25, 0.3) is 0 Å². The van der Waals surface area contributed by atoms with Gasteiger partial charge in [-0.3, -0.25) is 4.79 Å². The summed E-state index contributed by atoms with van der Waals surface area (Å²) in [5.41, 5.74) is 2.70. The lowest BCUT2D eigenvalue weighted by atomic mass is 10.2. The summed E-state index contributed by atoms with van der Waals surface area (Å²) in [5.74, 6) is 1.41. The lowest BCUT2D eigenvalue weighted by Crippen LogP contribution is -2.15. The molecule has 1 aliphatic heterocycles. The molecule has 1 N–H and O–H groups in total. The van der Waals surface area contributed by atoms with Crippen molar-refractivity contribution in [3.63, 3.8) is 0 Å². The molecule has 0 unspecified atom stereocenters. The zero-order chi connectivity index (χ0) is 20.2. The van der Waals surface area contributed by atoms with Gasteiger partial charge in [0.05, 0.1) is 22.7 Å². The molecule has 0 bridgehead atoms. The number of carbonyl (C=O) groups is 1. The van der Waals surface area contributed by atoms with Crippen LogP contribution in [0.3, 0.4) is 0 Å². The number of hydrogen-bond acceptors (Lipinski definition) is 5. The lowest BCUT2D eigenvalue weighted by molar-refractivity contribution is -0.113. The minimum atomic E-state index is -0.0951. The van der Waals surface area contributed by atoms with Crippen molar-refractivity contribution in [2.45, 2.75) is 6.42 Å².